The summed E-state index contributed by atoms with van der Waals surface area (Å²) in [6.07, 6.45) is 12.4. The summed E-state index contributed by atoms with van der Waals surface area (Å²) in [5.74, 6) is 2.15. The van der Waals surface area contributed by atoms with Crippen LogP contribution < -0.4 is 0 Å². The Morgan fingerprint density at radius 1 is 0.971 bits per heavy atom. The van der Waals surface area contributed by atoms with Crippen LogP contribution in [0.2, 0.25) is 0 Å². The summed E-state index contributed by atoms with van der Waals surface area (Å²) >= 11 is 0. The Morgan fingerprint density at radius 2 is 1.71 bits per heavy atom. The first-order valence-electron chi connectivity index (χ1n) is 13.7. The van der Waals surface area contributed by atoms with E-state index < -0.39 is 0 Å². The Labute approximate surface area is 205 Å². The predicted octanol–water partition coefficient (Wildman–Crippen LogP) is 8.63. The lowest BCUT2D eigenvalue weighted by molar-refractivity contribution is -0.165. The Bertz CT molecular complexity index is 1150. The second-order valence-electron chi connectivity index (χ2n) is 11.3. The zero-order chi connectivity index (χ0) is 23.5. The van der Waals surface area contributed by atoms with Gasteiger partial charge < -0.3 is 4.74 Å². The molecule has 34 heavy (non-hydrogen) atoms. The van der Waals surface area contributed by atoms with E-state index in [0.717, 1.165) is 43.9 Å². The zero-order valence-corrected chi connectivity index (χ0v) is 21.0. The molecule has 0 saturated heterocycles. The van der Waals surface area contributed by atoms with Crippen LogP contribution >= 0.6 is 0 Å². The Kier molecular flexibility index (Phi) is 6.95. The molecule has 4 unspecified atom stereocenters. The highest BCUT2D eigenvalue weighted by Gasteiger charge is 2.41. The number of carbonyl (C=O) groups excluding carboxylic acids is 1. The fourth-order valence-electron chi connectivity index (χ4n) is 6.79. The summed E-state index contributed by atoms with van der Waals surface area (Å²) in [4.78, 5) is 12.9. The highest BCUT2D eigenvalue weighted by atomic mass is 16.6. The molecule has 0 bridgehead atoms. The molecule has 4 atom stereocenters. The third-order valence-corrected chi connectivity index (χ3v) is 8.84. The normalized spacial score (nSPS) is 25.7. The zero-order valence-electron chi connectivity index (χ0n) is 21.0. The van der Waals surface area contributed by atoms with Crippen LogP contribution in [0.15, 0.2) is 54.6 Å². The van der Waals surface area contributed by atoms with Gasteiger partial charge in [0.2, 0.25) is 0 Å². The molecule has 5 rings (SSSR count). The smallest absolute Gasteiger partial charge is 0.306 e. The van der Waals surface area contributed by atoms with E-state index in [1.54, 1.807) is 0 Å². The number of fused-ring (bicyclic) bond motifs is 3. The van der Waals surface area contributed by atoms with E-state index in [2.05, 4.69) is 68.4 Å². The Hall–Kier alpha value is -2.35. The lowest BCUT2D eigenvalue weighted by atomic mass is 9.66. The van der Waals surface area contributed by atoms with Gasteiger partial charge in [-0.2, -0.15) is 0 Å². The van der Waals surface area contributed by atoms with E-state index in [1.165, 1.54) is 59.2 Å². The van der Waals surface area contributed by atoms with E-state index in [0.29, 0.717) is 12.3 Å². The summed E-state index contributed by atoms with van der Waals surface area (Å²) in [6.45, 7) is 4.44. The molecular weight excluding hydrogens is 416 g/mol. The van der Waals surface area contributed by atoms with Crippen molar-refractivity contribution in [3.63, 3.8) is 0 Å². The summed E-state index contributed by atoms with van der Waals surface area (Å²) in [5.41, 5.74) is 1.15. The fourth-order valence-corrected chi connectivity index (χ4v) is 6.79. The molecule has 2 heteroatoms. The third-order valence-electron chi connectivity index (χ3n) is 8.84. The minimum absolute atomic E-state index is 0.0131. The van der Waals surface area contributed by atoms with Crippen LogP contribution in [0.3, 0.4) is 0 Å². The van der Waals surface area contributed by atoms with Crippen molar-refractivity contribution in [3.05, 3.63) is 60.2 Å². The Morgan fingerprint density at radius 3 is 2.50 bits per heavy atom. The van der Waals surface area contributed by atoms with Crippen LogP contribution in [-0.4, -0.2) is 11.6 Å². The van der Waals surface area contributed by atoms with Gasteiger partial charge in [0, 0.05) is 6.42 Å². The first kappa shape index (κ1) is 23.4. The van der Waals surface area contributed by atoms with Crippen molar-refractivity contribution in [2.45, 2.75) is 90.1 Å². The van der Waals surface area contributed by atoms with E-state index in [1.807, 2.05) is 0 Å². The highest BCUT2D eigenvalue weighted by Crippen LogP contribution is 2.45. The summed E-state index contributed by atoms with van der Waals surface area (Å²) in [5, 5.41) is 5.23. The fraction of sp³-hybridized carbons (Fsp3) is 0.531. The number of esters is 1. The van der Waals surface area contributed by atoms with Crippen molar-refractivity contribution in [1.29, 1.82) is 0 Å². The maximum Gasteiger partial charge on any atom is 0.306 e. The molecule has 0 aliphatic heterocycles. The van der Waals surface area contributed by atoms with Gasteiger partial charge in [0.05, 0.1) is 0 Å². The molecule has 2 aliphatic rings. The lowest BCUT2D eigenvalue weighted by Crippen LogP contribution is -2.41. The number of rotatable bonds is 7. The molecule has 3 aromatic rings. The monoisotopic (exact) mass is 456 g/mol. The minimum atomic E-state index is -0.242. The van der Waals surface area contributed by atoms with Gasteiger partial charge in [-0.1, -0.05) is 81.5 Å². The van der Waals surface area contributed by atoms with E-state index >= 15 is 0 Å². The van der Waals surface area contributed by atoms with Crippen molar-refractivity contribution in [2.75, 3.05) is 0 Å². The van der Waals surface area contributed by atoms with Crippen molar-refractivity contribution in [1.82, 2.24) is 0 Å². The predicted molar refractivity (Wildman–Crippen MR) is 142 cm³/mol. The quantitative estimate of drug-likeness (QED) is 0.263. The molecule has 2 fully saturated rings. The van der Waals surface area contributed by atoms with Crippen molar-refractivity contribution in [2.24, 2.45) is 17.8 Å². The number of ether oxygens (including phenoxy) is 1. The van der Waals surface area contributed by atoms with Gasteiger partial charge in [-0.25, -0.2) is 0 Å². The first-order valence-corrected chi connectivity index (χ1v) is 13.7. The molecule has 2 nitrogen and oxygen atoms in total. The topological polar surface area (TPSA) is 26.3 Å². The molecule has 0 N–H and O–H groups in total. The maximum atomic E-state index is 12.9. The SMILES string of the molecule is CCC(CCC(=O)OC1(C)CCC2CCCCC2C1)Cc1cccc2cc3ccccc3cc12. The number of benzene rings is 3. The van der Waals surface area contributed by atoms with Gasteiger partial charge in [-0.05, 0) is 96.0 Å². The average molecular weight is 457 g/mol. The van der Waals surface area contributed by atoms with Gasteiger partial charge in [0.25, 0.3) is 0 Å². The van der Waals surface area contributed by atoms with E-state index in [9.17, 15) is 4.79 Å². The summed E-state index contributed by atoms with van der Waals surface area (Å²) in [6, 6.07) is 19.9. The van der Waals surface area contributed by atoms with Crippen LogP contribution in [0.25, 0.3) is 21.5 Å². The van der Waals surface area contributed by atoms with Gasteiger partial charge in [-0.3, -0.25) is 4.79 Å². The van der Waals surface area contributed by atoms with Crippen LogP contribution in [0.4, 0.5) is 0 Å². The molecule has 2 saturated carbocycles. The largest absolute Gasteiger partial charge is 0.459 e. The van der Waals surface area contributed by atoms with E-state index in [-0.39, 0.29) is 11.6 Å². The average Bonchev–Trinajstić information content (AvgIpc) is 2.85. The molecule has 180 valence electrons. The maximum absolute atomic E-state index is 12.9. The summed E-state index contributed by atoms with van der Waals surface area (Å²) in [7, 11) is 0. The number of carbonyl (C=O) groups is 1. The first-order chi connectivity index (χ1) is 16.5. The molecule has 0 heterocycles. The van der Waals surface area contributed by atoms with Crippen molar-refractivity contribution < 1.29 is 9.53 Å². The van der Waals surface area contributed by atoms with Crippen molar-refractivity contribution >= 4 is 27.5 Å². The molecule has 0 aromatic heterocycles. The molecular formula is C32H40O2. The van der Waals surface area contributed by atoms with Gasteiger partial charge in [0.15, 0.2) is 0 Å². The Balaban J connectivity index is 1.21. The second-order valence-corrected chi connectivity index (χ2v) is 11.3. The summed E-state index contributed by atoms with van der Waals surface area (Å²) < 4.78 is 6.15. The van der Waals surface area contributed by atoms with Gasteiger partial charge >= 0.3 is 5.97 Å². The van der Waals surface area contributed by atoms with Crippen molar-refractivity contribution in [3.8, 4) is 0 Å². The standard InChI is InChI=1S/C32H40O2/c1-3-23(15-16-31(33)34-32(2)18-17-24-9-4-7-12-29(24)22-32)19-27-13-8-14-28-20-25-10-5-6-11-26(25)21-30(27)28/h5-6,8,10-11,13-14,20-21,23-24,29H,3-4,7,9,12,15-19,22H2,1-2H3. The molecule has 0 amide bonds. The van der Waals surface area contributed by atoms with Crippen LogP contribution in [0.5, 0.6) is 0 Å². The third kappa shape index (κ3) is 5.16. The van der Waals surface area contributed by atoms with E-state index in [4.69, 9.17) is 4.74 Å². The molecule has 3 aromatic carbocycles. The highest BCUT2D eigenvalue weighted by molar-refractivity contribution is 5.99. The number of hydrogen-bond donors (Lipinski definition) is 0. The molecule has 2 aliphatic carbocycles. The van der Waals surface area contributed by atoms with Crippen LogP contribution in [0.1, 0.15) is 83.6 Å². The van der Waals surface area contributed by atoms with Gasteiger partial charge in [-0.15, -0.1) is 0 Å². The molecule has 0 radical (unpaired) electrons. The van der Waals surface area contributed by atoms with Crippen LogP contribution in [-0.2, 0) is 16.0 Å². The minimum Gasteiger partial charge on any atom is -0.459 e. The molecule has 0 spiro atoms. The lowest BCUT2D eigenvalue weighted by Gasteiger charge is -2.44. The number of hydrogen-bond acceptors (Lipinski definition) is 2. The van der Waals surface area contributed by atoms with Gasteiger partial charge in [0.1, 0.15) is 5.60 Å². The van der Waals surface area contributed by atoms with Crippen LogP contribution in [0, 0.1) is 17.8 Å². The second kappa shape index (κ2) is 10.1.